The average Bonchev–Trinajstić information content (AvgIpc) is 3.06. The Labute approximate surface area is 166 Å². The molecule has 138 valence electrons. The maximum Gasteiger partial charge on any atom is 0.387 e. The van der Waals surface area contributed by atoms with Crippen molar-refractivity contribution in [3.63, 3.8) is 0 Å². The molecule has 1 aromatic heterocycles. The summed E-state index contributed by atoms with van der Waals surface area (Å²) in [5, 5.41) is 5.04. The molecule has 1 heterocycles. The molecule has 5 nitrogen and oxygen atoms in total. The Morgan fingerprint density at radius 1 is 1.32 bits per heavy atom. The van der Waals surface area contributed by atoms with Crippen LogP contribution >= 0.6 is 35.3 Å². The van der Waals surface area contributed by atoms with Gasteiger partial charge >= 0.3 is 6.61 Å². The molecule has 0 bridgehead atoms. The number of rotatable bonds is 8. The first-order valence-corrected chi connectivity index (χ1v) is 8.14. The molecule has 0 aliphatic rings. The number of ether oxygens (including phenoxy) is 2. The lowest BCUT2D eigenvalue weighted by Crippen LogP contribution is -2.33. The zero-order valence-corrected chi connectivity index (χ0v) is 16.7. The fourth-order valence-electron chi connectivity index (χ4n) is 2.01. The summed E-state index contributed by atoms with van der Waals surface area (Å²) in [6.45, 7) is -1.98. The van der Waals surface area contributed by atoms with Gasteiger partial charge in [0.2, 0.25) is 0 Å². The van der Waals surface area contributed by atoms with Crippen molar-refractivity contribution in [2.24, 2.45) is 10.7 Å². The molecule has 0 aliphatic carbocycles. The summed E-state index contributed by atoms with van der Waals surface area (Å²) < 4.78 is 34.2. The van der Waals surface area contributed by atoms with Crippen LogP contribution in [0.2, 0.25) is 0 Å². The maximum absolute atomic E-state index is 12.4. The second-order valence-electron chi connectivity index (χ2n) is 4.82. The molecule has 25 heavy (non-hydrogen) atoms. The van der Waals surface area contributed by atoms with Crippen LogP contribution in [0.3, 0.4) is 0 Å². The van der Waals surface area contributed by atoms with Gasteiger partial charge in [-0.3, -0.25) is 0 Å². The quantitative estimate of drug-likeness (QED) is 0.342. The smallest absolute Gasteiger partial charge is 0.387 e. The van der Waals surface area contributed by atoms with E-state index in [1.165, 1.54) is 18.1 Å². The van der Waals surface area contributed by atoms with Gasteiger partial charge in [-0.2, -0.15) is 8.78 Å². The van der Waals surface area contributed by atoms with Crippen LogP contribution in [-0.4, -0.2) is 26.2 Å². The van der Waals surface area contributed by atoms with E-state index in [9.17, 15) is 8.78 Å². The molecule has 0 radical (unpaired) electrons. The molecule has 0 saturated heterocycles. The zero-order chi connectivity index (χ0) is 17.4. The first-order valence-electron chi connectivity index (χ1n) is 7.26. The largest absolute Gasteiger partial charge is 0.493 e. The Morgan fingerprint density at radius 3 is 2.76 bits per heavy atom. The zero-order valence-electron chi connectivity index (χ0n) is 13.6. The molecule has 2 rings (SSSR count). The van der Waals surface area contributed by atoms with Crippen molar-refractivity contribution in [2.75, 3.05) is 13.7 Å². The summed E-state index contributed by atoms with van der Waals surface area (Å²) in [6.07, 6.45) is 0.864. The standard InChI is InChI=1S/C16H19F2N3O2S.HI/c1-22-13-5-4-11(9-14(13)23-15(17)18)10-21-16(19)20-7-6-12-3-2-8-24-12;/h2-5,8-9,15H,6-7,10H2,1H3,(H3,19,20,21);1H. The van der Waals surface area contributed by atoms with E-state index in [1.54, 1.807) is 23.5 Å². The minimum atomic E-state index is -2.92. The number of guanidine groups is 1. The number of hydrogen-bond donors (Lipinski definition) is 2. The number of methoxy groups -OCH3 is 1. The molecule has 1 aromatic carbocycles. The Morgan fingerprint density at radius 2 is 2.12 bits per heavy atom. The van der Waals surface area contributed by atoms with Crippen LogP contribution in [0.1, 0.15) is 10.4 Å². The summed E-state index contributed by atoms with van der Waals surface area (Å²) in [6, 6.07) is 8.80. The predicted molar refractivity (Wildman–Crippen MR) is 106 cm³/mol. The topological polar surface area (TPSA) is 68.9 Å². The highest BCUT2D eigenvalue weighted by Crippen LogP contribution is 2.29. The van der Waals surface area contributed by atoms with Gasteiger partial charge in [0, 0.05) is 11.4 Å². The molecule has 3 N–H and O–H groups in total. The van der Waals surface area contributed by atoms with E-state index < -0.39 is 6.61 Å². The highest BCUT2D eigenvalue weighted by Gasteiger charge is 2.11. The van der Waals surface area contributed by atoms with Gasteiger partial charge < -0.3 is 20.5 Å². The van der Waals surface area contributed by atoms with E-state index in [4.69, 9.17) is 10.5 Å². The van der Waals surface area contributed by atoms with Crippen LogP contribution in [0.25, 0.3) is 0 Å². The fraction of sp³-hybridized carbons (Fsp3) is 0.312. The maximum atomic E-state index is 12.4. The van der Waals surface area contributed by atoms with E-state index >= 15 is 0 Å². The predicted octanol–water partition coefficient (Wildman–Crippen LogP) is 3.62. The van der Waals surface area contributed by atoms with Crippen LogP contribution < -0.4 is 20.5 Å². The normalized spacial score (nSPS) is 11.1. The van der Waals surface area contributed by atoms with Crippen molar-refractivity contribution in [3.8, 4) is 11.5 Å². The number of halogens is 3. The van der Waals surface area contributed by atoms with Crippen molar-refractivity contribution in [2.45, 2.75) is 19.6 Å². The molecule has 9 heteroatoms. The molecule has 0 unspecified atom stereocenters. The van der Waals surface area contributed by atoms with Crippen LogP contribution in [0.15, 0.2) is 40.7 Å². The van der Waals surface area contributed by atoms with Gasteiger partial charge in [0.25, 0.3) is 0 Å². The van der Waals surface area contributed by atoms with Crippen molar-refractivity contribution >= 4 is 41.3 Å². The number of nitrogens with one attached hydrogen (secondary N) is 1. The highest BCUT2D eigenvalue weighted by atomic mass is 127. The van der Waals surface area contributed by atoms with Crippen molar-refractivity contribution in [3.05, 3.63) is 46.2 Å². The Kier molecular flexibility index (Phi) is 9.50. The fourth-order valence-corrected chi connectivity index (χ4v) is 2.72. The molecule has 0 atom stereocenters. The minimum Gasteiger partial charge on any atom is -0.493 e. The van der Waals surface area contributed by atoms with Gasteiger partial charge in [-0.15, -0.1) is 35.3 Å². The molecular weight excluding hydrogens is 463 g/mol. The van der Waals surface area contributed by atoms with Crippen LogP contribution in [0.4, 0.5) is 8.78 Å². The second-order valence-corrected chi connectivity index (χ2v) is 5.85. The monoisotopic (exact) mass is 483 g/mol. The first-order chi connectivity index (χ1) is 11.6. The number of benzene rings is 1. The van der Waals surface area contributed by atoms with Gasteiger partial charge in [0.1, 0.15) is 0 Å². The lowest BCUT2D eigenvalue weighted by Gasteiger charge is -2.11. The number of hydrogen-bond acceptors (Lipinski definition) is 4. The summed E-state index contributed by atoms with van der Waals surface area (Å²) >= 11 is 1.69. The molecule has 0 aliphatic heterocycles. The van der Waals surface area contributed by atoms with Gasteiger partial charge in [0.15, 0.2) is 17.5 Å². The highest BCUT2D eigenvalue weighted by molar-refractivity contribution is 14.0. The number of nitrogens with zero attached hydrogens (tertiary/aromatic N) is 1. The third-order valence-electron chi connectivity index (χ3n) is 3.13. The van der Waals surface area contributed by atoms with E-state index in [2.05, 4.69) is 21.1 Å². The van der Waals surface area contributed by atoms with Crippen molar-refractivity contribution in [1.82, 2.24) is 5.32 Å². The van der Waals surface area contributed by atoms with Gasteiger partial charge in [0.05, 0.1) is 13.7 Å². The summed E-state index contributed by atoms with van der Waals surface area (Å²) in [5.74, 6) is 0.521. The Hall–Kier alpha value is -1.62. The van der Waals surface area contributed by atoms with E-state index in [-0.39, 0.29) is 42.0 Å². The van der Waals surface area contributed by atoms with Crippen LogP contribution in [0, 0.1) is 0 Å². The SMILES string of the molecule is COc1ccc(CN=C(N)NCCc2cccs2)cc1OC(F)F.I. The number of thiophene rings is 1. The second kappa shape index (κ2) is 11.1. The van der Waals surface area contributed by atoms with Gasteiger partial charge in [-0.05, 0) is 35.6 Å². The molecular formula is C16H20F2IN3O2S. The van der Waals surface area contributed by atoms with Gasteiger partial charge in [-0.25, -0.2) is 4.99 Å². The molecule has 0 spiro atoms. The third-order valence-corrected chi connectivity index (χ3v) is 4.07. The first kappa shape index (κ1) is 21.4. The van der Waals surface area contributed by atoms with Crippen molar-refractivity contribution in [1.29, 1.82) is 0 Å². The molecule has 2 aromatic rings. The van der Waals surface area contributed by atoms with Crippen molar-refractivity contribution < 1.29 is 18.3 Å². The lowest BCUT2D eigenvalue weighted by molar-refractivity contribution is -0.0512. The van der Waals surface area contributed by atoms with Crippen LogP contribution in [0.5, 0.6) is 11.5 Å². The number of nitrogens with two attached hydrogens (primary N) is 1. The minimum absolute atomic E-state index is 0. The van der Waals surface area contributed by atoms with Gasteiger partial charge in [-0.1, -0.05) is 12.1 Å². The Bertz CT molecular complexity index is 669. The lowest BCUT2D eigenvalue weighted by atomic mass is 10.2. The van der Waals surface area contributed by atoms with E-state index in [0.29, 0.717) is 18.1 Å². The number of aliphatic imine (C=N–C) groups is 1. The third kappa shape index (κ3) is 7.43. The average molecular weight is 483 g/mol. The summed E-state index contributed by atoms with van der Waals surface area (Å²) in [5.41, 5.74) is 6.49. The van der Waals surface area contributed by atoms with Crippen LogP contribution in [-0.2, 0) is 13.0 Å². The Balaban J connectivity index is 0.00000312. The molecule has 0 saturated carbocycles. The van der Waals surface area contributed by atoms with E-state index in [1.807, 2.05) is 11.4 Å². The summed E-state index contributed by atoms with van der Waals surface area (Å²) in [7, 11) is 1.39. The summed E-state index contributed by atoms with van der Waals surface area (Å²) in [4.78, 5) is 5.46. The molecule has 0 fully saturated rings. The molecule has 0 amide bonds. The van der Waals surface area contributed by atoms with E-state index in [0.717, 1.165) is 6.42 Å². The number of alkyl halides is 2.